The summed E-state index contributed by atoms with van der Waals surface area (Å²) in [6.45, 7) is 6.52. The third kappa shape index (κ3) is 3.07. The van der Waals surface area contributed by atoms with Gasteiger partial charge in [0, 0.05) is 13.6 Å². The number of hydrogen-bond donors (Lipinski definition) is 2. The first kappa shape index (κ1) is 15.5. The molecule has 18 heavy (non-hydrogen) atoms. The minimum absolute atomic E-state index is 0.390. The Morgan fingerprint density at radius 2 is 2.28 bits per heavy atom. The number of carbonyl (C=O) groups is 1. The molecule has 5 nitrogen and oxygen atoms in total. The van der Waals surface area contributed by atoms with Crippen molar-refractivity contribution in [1.29, 1.82) is 0 Å². The first-order valence-electron chi connectivity index (χ1n) is 6.02. The topological polar surface area (TPSA) is 55.8 Å². The number of carbonyl (C=O) groups excluding carboxylic acids is 1. The van der Waals surface area contributed by atoms with Crippen molar-refractivity contribution < 1.29 is 10.0 Å². The number of hydroxylamine groups is 2. The lowest BCUT2D eigenvalue weighted by molar-refractivity contribution is -0.0764. The fraction of sp³-hybridized carbons (Fsp3) is 0.818. The summed E-state index contributed by atoms with van der Waals surface area (Å²) in [4.78, 5) is 13.7. The van der Waals surface area contributed by atoms with Crippen LogP contribution in [0.25, 0.3) is 0 Å². The molecule has 0 spiro atoms. The van der Waals surface area contributed by atoms with E-state index in [4.69, 9.17) is 12.2 Å². The standard InChI is InChI=1S/C11H21N3O2S2/c1-5-6-7-12-9(15)14(16)8-11(2,3)13(4)10(17)18-8/h8,16H,5-7H2,1-4H3,(H,12,15)/t8-/m1/s1. The molecule has 1 saturated heterocycles. The molecule has 0 bridgehead atoms. The van der Waals surface area contributed by atoms with Gasteiger partial charge in [0.2, 0.25) is 0 Å². The lowest BCUT2D eigenvalue weighted by atomic mass is 10.0. The second-order valence-corrected chi connectivity index (χ2v) is 6.59. The highest BCUT2D eigenvalue weighted by Gasteiger charge is 2.47. The molecule has 0 aliphatic carbocycles. The third-order valence-corrected chi connectivity index (χ3v) is 5.23. The second kappa shape index (κ2) is 6.08. The molecular formula is C11H21N3O2S2. The summed E-state index contributed by atoms with van der Waals surface area (Å²) in [5, 5.41) is 13.1. The fourth-order valence-electron chi connectivity index (χ4n) is 1.63. The van der Waals surface area contributed by atoms with Crippen LogP contribution in [0.15, 0.2) is 0 Å². The first-order valence-corrected chi connectivity index (χ1v) is 7.31. The number of thiocarbonyl (C=S) groups is 1. The minimum Gasteiger partial charge on any atom is -0.352 e. The number of rotatable bonds is 4. The summed E-state index contributed by atoms with van der Waals surface area (Å²) >= 11 is 6.53. The molecule has 0 unspecified atom stereocenters. The quantitative estimate of drug-likeness (QED) is 0.360. The van der Waals surface area contributed by atoms with E-state index in [-0.39, 0.29) is 0 Å². The van der Waals surface area contributed by atoms with E-state index in [1.54, 1.807) is 0 Å². The fourth-order valence-corrected chi connectivity index (χ4v) is 3.36. The Balaban J connectivity index is 2.64. The van der Waals surface area contributed by atoms with Crippen molar-refractivity contribution in [2.45, 2.75) is 44.5 Å². The highest BCUT2D eigenvalue weighted by molar-refractivity contribution is 8.23. The number of unbranched alkanes of at least 4 members (excludes halogenated alkanes) is 1. The Hall–Kier alpha value is -0.530. The van der Waals surface area contributed by atoms with Gasteiger partial charge in [-0.3, -0.25) is 5.21 Å². The average Bonchev–Trinajstić information content (AvgIpc) is 2.52. The smallest absolute Gasteiger partial charge is 0.342 e. The molecule has 1 rings (SSSR count). The van der Waals surface area contributed by atoms with Crippen LogP contribution in [-0.2, 0) is 0 Å². The SMILES string of the molecule is CCCCNC(=O)N(O)[C@@H]1SC(=S)N(C)C1(C)C. The van der Waals surface area contributed by atoms with Crippen molar-refractivity contribution in [3.8, 4) is 0 Å². The summed E-state index contributed by atoms with van der Waals surface area (Å²) in [5.74, 6) is 0. The molecule has 104 valence electrons. The molecule has 0 aromatic heterocycles. The van der Waals surface area contributed by atoms with Gasteiger partial charge in [0.1, 0.15) is 9.69 Å². The van der Waals surface area contributed by atoms with E-state index in [1.165, 1.54) is 11.8 Å². The van der Waals surface area contributed by atoms with Crippen LogP contribution in [0, 0.1) is 0 Å². The predicted octanol–water partition coefficient (Wildman–Crippen LogP) is 2.26. The van der Waals surface area contributed by atoms with Gasteiger partial charge in [0.05, 0.1) is 5.54 Å². The average molecular weight is 291 g/mol. The molecule has 0 saturated carbocycles. The number of urea groups is 1. The monoisotopic (exact) mass is 291 g/mol. The van der Waals surface area contributed by atoms with Gasteiger partial charge in [-0.1, -0.05) is 37.3 Å². The van der Waals surface area contributed by atoms with Crippen LogP contribution in [0.1, 0.15) is 33.6 Å². The number of likely N-dealkylation sites (N-methyl/N-ethyl adjacent to an activating group) is 1. The van der Waals surface area contributed by atoms with Crippen LogP contribution < -0.4 is 5.32 Å². The molecular weight excluding hydrogens is 270 g/mol. The Bertz CT molecular complexity index is 336. The van der Waals surface area contributed by atoms with Crippen LogP contribution in [-0.4, -0.2) is 50.0 Å². The molecule has 1 atom stereocenters. The van der Waals surface area contributed by atoms with Gasteiger partial charge in [-0.2, -0.15) is 5.06 Å². The number of amides is 2. The molecule has 2 amide bonds. The van der Waals surface area contributed by atoms with Gasteiger partial charge in [-0.15, -0.1) is 0 Å². The van der Waals surface area contributed by atoms with E-state index in [2.05, 4.69) is 5.32 Å². The molecule has 0 aromatic carbocycles. The third-order valence-electron chi connectivity index (χ3n) is 3.19. The zero-order chi connectivity index (χ0) is 13.9. The van der Waals surface area contributed by atoms with E-state index in [0.717, 1.165) is 17.9 Å². The molecule has 1 fully saturated rings. The Labute approximate surface area is 118 Å². The van der Waals surface area contributed by atoms with E-state index < -0.39 is 16.9 Å². The zero-order valence-corrected chi connectivity index (χ0v) is 12.9. The normalized spacial score (nSPS) is 22.2. The van der Waals surface area contributed by atoms with E-state index in [1.807, 2.05) is 32.7 Å². The van der Waals surface area contributed by atoms with Gasteiger partial charge in [-0.25, -0.2) is 4.79 Å². The first-order chi connectivity index (χ1) is 8.32. The number of nitrogens with zero attached hydrogens (tertiary/aromatic N) is 2. The maximum atomic E-state index is 11.8. The van der Waals surface area contributed by atoms with Gasteiger partial charge in [-0.05, 0) is 20.3 Å². The summed E-state index contributed by atoms with van der Waals surface area (Å²) in [6.07, 6.45) is 1.90. The van der Waals surface area contributed by atoms with Crippen LogP contribution >= 0.6 is 24.0 Å². The lowest BCUT2D eigenvalue weighted by Gasteiger charge is -2.35. The number of nitrogens with one attached hydrogen (secondary N) is 1. The van der Waals surface area contributed by atoms with Crippen LogP contribution in [0.5, 0.6) is 0 Å². The van der Waals surface area contributed by atoms with Crippen molar-refractivity contribution in [3.05, 3.63) is 0 Å². The van der Waals surface area contributed by atoms with Crippen LogP contribution in [0.2, 0.25) is 0 Å². The molecule has 1 aliphatic rings. The van der Waals surface area contributed by atoms with Gasteiger partial charge >= 0.3 is 6.03 Å². The largest absolute Gasteiger partial charge is 0.352 e. The molecule has 1 heterocycles. The lowest BCUT2D eigenvalue weighted by Crippen LogP contribution is -2.53. The van der Waals surface area contributed by atoms with Gasteiger partial charge in [0.15, 0.2) is 0 Å². The van der Waals surface area contributed by atoms with E-state index in [0.29, 0.717) is 10.9 Å². The van der Waals surface area contributed by atoms with Crippen LogP contribution in [0.4, 0.5) is 4.79 Å². The van der Waals surface area contributed by atoms with Crippen LogP contribution in [0.3, 0.4) is 0 Å². The Morgan fingerprint density at radius 3 is 2.72 bits per heavy atom. The summed E-state index contributed by atoms with van der Waals surface area (Å²) in [6, 6.07) is -0.466. The summed E-state index contributed by atoms with van der Waals surface area (Å²) in [5.41, 5.74) is -0.390. The summed E-state index contributed by atoms with van der Waals surface area (Å²) in [7, 11) is 1.87. The molecule has 0 aromatic rings. The Kier molecular flexibility index (Phi) is 5.24. The maximum absolute atomic E-state index is 11.8. The van der Waals surface area contributed by atoms with Crippen molar-refractivity contribution in [3.63, 3.8) is 0 Å². The van der Waals surface area contributed by atoms with Crippen molar-refractivity contribution in [2.75, 3.05) is 13.6 Å². The molecule has 2 N–H and O–H groups in total. The van der Waals surface area contributed by atoms with Gasteiger partial charge < -0.3 is 10.2 Å². The number of thioether (sulfide) groups is 1. The zero-order valence-electron chi connectivity index (χ0n) is 11.3. The van der Waals surface area contributed by atoms with E-state index >= 15 is 0 Å². The minimum atomic E-state index is -0.466. The molecule has 7 heteroatoms. The maximum Gasteiger partial charge on any atom is 0.342 e. The second-order valence-electron chi connectivity index (χ2n) is 4.88. The molecule has 1 aliphatic heterocycles. The Morgan fingerprint density at radius 1 is 1.67 bits per heavy atom. The van der Waals surface area contributed by atoms with Crippen molar-refractivity contribution >= 4 is 34.3 Å². The van der Waals surface area contributed by atoms with E-state index in [9.17, 15) is 10.0 Å². The molecule has 0 radical (unpaired) electrons. The van der Waals surface area contributed by atoms with Gasteiger partial charge in [0.25, 0.3) is 0 Å². The highest BCUT2D eigenvalue weighted by Crippen LogP contribution is 2.39. The van der Waals surface area contributed by atoms with Crippen molar-refractivity contribution in [2.24, 2.45) is 0 Å². The highest BCUT2D eigenvalue weighted by atomic mass is 32.2. The van der Waals surface area contributed by atoms with Crippen molar-refractivity contribution in [1.82, 2.24) is 15.3 Å². The number of hydrogen-bond acceptors (Lipinski definition) is 4. The predicted molar refractivity (Wildman–Crippen MR) is 77.8 cm³/mol. The summed E-state index contributed by atoms with van der Waals surface area (Å²) < 4.78 is 0.686.